The van der Waals surface area contributed by atoms with Gasteiger partial charge in [-0.05, 0) is 12.1 Å². The van der Waals surface area contributed by atoms with Gasteiger partial charge >= 0.3 is 0 Å². The summed E-state index contributed by atoms with van der Waals surface area (Å²) in [5.74, 6) is 0.748. The molecule has 0 N–H and O–H groups in total. The molecule has 0 radical (unpaired) electrons. The molecule has 0 aliphatic carbocycles. The molecule has 0 bridgehead atoms. The number of benzene rings is 1. The van der Waals surface area contributed by atoms with Crippen molar-refractivity contribution in [2.24, 2.45) is 0 Å². The number of nitrogens with zero attached hydrogens (tertiary/aromatic N) is 3. The van der Waals surface area contributed by atoms with Crippen molar-refractivity contribution in [1.29, 1.82) is 0 Å². The maximum Gasteiger partial charge on any atom is 0.253 e. The van der Waals surface area contributed by atoms with Crippen molar-refractivity contribution in [1.82, 2.24) is 9.38 Å². The topological polar surface area (TPSA) is 56.1 Å². The molecule has 3 heterocycles. The minimum absolute atomic E-state index is 0.0403. The molecule has 1 fully saturated rings. The second-order valence-electron chi connectivity index (χ2n) is 5.60. The molecule has 0 atom stereocenters. The van der Waals surface area contributed by atoms with E-state index in [0.717, 1.165) is 28.1 Å². The molecular formula is C18H17N3O3. The molecule has 4 rings (SSSR count). The van der Waals surface area contributed by atoms with Crippen molar-refractivity contribution in [3.8, 4) is 16.9 Å². The number of carbonyl (C=O) groups excluding carboxylic acids is 1. The van der Waals surface area contributed by atoms with Gasteiger partial charge in [0, 0.05) is 23.9 Å². The number of rotatable bonds is 3. The lowest BCUT2D eigenvalue weighted by atomic mass is 10.1. The minimum Gasteiger partial charge on any atom is -0.496 e. The van der Waals surface area contributed by atoms with E-state index in [0.29, 0.717) is 13.2 Å². The summed E-state index contributed by atoms with van der Waals surface area (Å²) in [5, 5.41) is 0. The SMILES string of the molecule is COc1ccccc1-c1cc(N2CCOCC2=O)c2cncn2c1. The number of hydrogen-bond donors (Lipinski definition) is 0. The number of imidazole rings is 1. The van der Waals surface area contributed by atoms with Crippen molar-refractivity contribution in [2.45, 2.75) is 0 Å². The van der Waals surface area contributed by atoms with Crippen LogP contribution in [-0.2, 0) is 9.53 Å². The summed E-state index contributed by atoms with van der Waals surface area (Å²) in [5.41, 5.74) is 3.66. The first-order valence-corrected chi connectivity index (χ1v) is 7.75. The predicted octanol–water partition coefficient (Wildman–Crippen LogP) is 2.37. The van der Waals surface area contributed by atoms with E-state index in [1.807, 2.05) is 40.9 Å². The third kappa shape index (κ3) is 2.41. The lowest BCUT2D eigenvalue weighted by Crippen LogP contribution is -2.41. The van der Waals surface area contributed by atoms with Crippen LogP contribution in [0.2, 0.25) is 0 Å². The van der Waals surface area contributed by atoms with Crippen molar-refractivity contribution < 1.29 is 14.3 Å². The first-order chi connectivity index (χ1) is 11.8. The van der Waals surface area contributed by atoms with Crippen LogP contribution in [0.25, 0.3) is 16.6 Å². The third-order valence-electron chi connectivity index (χ3n) is 4.19. The van der Waals surface area contributed by atoms with Crippen LogP contribution in [0.5, 0.6) is 5.75 Å². The average molecular weight is 323 g/mol. The number of para-hydroxylation sites is 1. The Bertz CT molecular complexity index is 903. The number of pyridine rings is 1. The Labute approximate surface area is 139 Å². The van der Waals surface area contributed by atoms with Gasteiger partial charge in [0.15, 0.2) is 0 Å². The lowest BCUT2D eigenvalue weighted by Gasteiger charge is -2.28. The highest BCUT2D eigenvalue weighted by Gasteiger charge is 2.23. The maximum absolute atomic E-state index is 12.3. The van der Waals surface area contributed by atoms with E-state index in [1.165, 1.54) is 0 Å². The fourth-order valence-corrected chi connectivity index (χ4v) is 3.03. The van der Waals surface area contributed by atoms with Crippen LogP contribution in [0.15, 0.2) is 49.1 Å². The van der Waals surface area contributed by atoms with Crippen molar-refractivity contribution in [3.05, 3.63) is 49.1 Å². The summed E-state index contributed by atoms with van der Waals surface area (Å²) in [6.45, 7) is 1.18. The Morgan fingerprint density at radius 3 is 3.00 bits per heavy atom. The largest absolute Gasteiger partial charge is 0.496 e. The molecule has 3 aromatic rings. The summed E-state index contributed by atoms with van der Waals surface area (Å²) in [7, 11) is 1.65. The first-order valence-electron chi connectivity index (χ1n) is 7.75. The van der Waals surface area contributed by atoms with Gasteiger partial charge in [0.05, 0.1) is 37.4 Å². The van der Waals surface area contributed by atoms with Gasteiger partial charge in [-0.3, -0.25) is 4.79 Å². The van der Waals surface area contributed by atoms with Gasteiger partial charge in [-0.15, -0.1) is 0 Å². The number of methoxy groups -OCH3 is 1. The van der Waals surface area contributed by atoms with Crippen molar-refractivity contribution in [2.75, 3.05) is 31.8 Å². The highest BCUT2D eigenvalue weighted by Crippen LogP contribution is 2.34. The van der Waals surface area contributed by atoms with E-state index in [9.17, 15) is 4.79 Å². The van der Waals surface area contributed by atoms with E-state index in [-0.39, 0.29) is 12.5 Å². The molecule has 122 valence electrons. The molecular weight excluding hydrogens is 306 g/mol. The monoisotopic (exact) mass is 323 g/mol. The predicted molar refractivity (Wildman–Crippen MR) is 90.4 cm³/mol. The third-order valence-corrected chi connectivity index (χ3v) is 4.19. The number of hydrogen-bond acceptors (Lipinski definition) is 4. The van der Waals surface area contributed by atoms with Crippen LogP contribution >= 0.6 is 0 Å². The molecule has 1 amide bonds. The smallest absolute Gasteiger partial charge is 0.253 e. The van der Waals surface area contributed by atoms with Crippen molar-refractivity contribution in [3.63, 3.8) is 0 Å². The zero-order chi connectivity index (χ0) is 16.5. The van der Waals surface area contributed by atoms with Crippen molar-refractivity contribution >= 4 is 17.1 Å². The molecule has 6 heteroatoms. The molecule has 1 aliphatic rings. The van der Waals surface area contributed by atoms with Gasteiger partial charge in [0.25, 0.3) is 5.91 Å². The summed E-state index contributed by atoms with van der Waals surface area (Å²) in [4.78, 5) is 18.3. The molecule has 2 aromatic heterocycles. The van der Waals surface area contributed by atoms with Gasteiger partial charge in [0.2, 0.25) is 0 Å². The highest BCUT2D eigenvalue weighted by atomic mass is 16.5. The second-order valence-corrected chi connectivity index (χ2v) is 5.60. The molecule has 6 nitrogen and oxygen atoms in total. The Kier molecular flexibility index (Phi) is 3.66. The van der Waals surface area contributed by atoms with Gasteiger partial charge in [-0.2, -0.15) is 0 Å². The number of amides is 1. The van der Waals surface area contributed by atoms with Crippen LogP contribution < -0.4 is 9.64 Å². The highest BCUT2D eigenvalue weighted by molar-refractivity contribution is 5.99. The van der Waals surface area contributed by atoms with E-state index < -0.39 is 0 Å². The second kappa shape index (κ2) is 5.98. The van der Waals surface area contributed by atoms with Crippen LogP contribution in [0.3, 0.4) is 0 Å². The van der Waals surface area contributed by atoms with Crippen LogP contribution in [0, 0.1) is 0 Å². The number of anilines is 1. The van der Waals surface area contributed by atoms with Gasteiger partial charge < -0.3 is 18.8 Å². The molecule has 24 heavy (non-hydrogen) atoms. The molecule has 0 spiro atoms. The molecule has 1 aromatic carbocycles. The number of carbonyl (C=O) groups is 1. The fraction of sp³-hybridized carbons (Fsp3) is 0.222. The van der Waals surface area contributed by atoms with E-state index in [1.54, 1.807) is 24.5 Å². The number of morpholine rings is 1. The standard InChI is InChI=1S/C18H17N3O3/c1-23-17-5-3-2-4-14(17)13-8-15(16-9-19-12-20(16)10-13)21-6-7-24-11-18(21)22/h2-5,8-10,12H,6-7,11H2,1H3. The number of fused-ring (bicyclic) bond motifs is 1. The number of ether oxygens (including phenoxy) is 2. The Balaban J connectivity index is 1.90. The first kappa shape index (κ1) is 14.7. The minimum atomic E-state index is -0.0403. The Morgan fingerprint density at radius 2 is 2.17 bits per heavy atom. The summed E-state index contributed by atoms with van der Waals surface area (Å²) >= 11 is 0. The summed E-state index contributed by atoms with van der Waals surface area (Å²) in [6.07, 6.45) is 5.50. The van der Waals surface area contributed by atoms with Crippen LogP contribution in [0.4, 0.5) is 5.69 Å². The Hall–Kier alpha value is -2.86. The summed E-state index contributed by atoms with van der Waals surface area (Å²) < 4.78 is 12.6. The van der Waals surface area contributed by atoms with Gasteiger partial charge in [-0.1, -0.05) is 18.2 Å². The average Bonchev–Trinajstić information content (AvgIpc) is 3.10. The molecule has 1 aliphatic heterocycles. The molecule has 0 unspecified atom stereocenters. The van der Waals surface area contributed by atoms with Crippen LogP contribution in [0.1, 0.15) is 0 Å². The van der Waals surface area contributed by atoms with Crippen LogP contribution in [-0.4, -0.2) is 42.2 Å². The quantitative estimate of drug-likeness (QED) is 0.742. The Morgan fingerprint density at radius 1 is 1.29 bits per heavy atom. The van der Waals surface area contributed by atoms with Gasteiger partial charge in [0.1, 0.15) is 12.4 Å². The normalized spacial score (nSPS) is 15.0. The molecule has 0 saturated carbocycles. The lowest BCUT2D eigenvalue weighted by molar-refractivity contribution is -0.125. The molecule has 1 saturated heterocycles. The van der Waals surface area contributed by atoms with E-state index >= 15 is 0 Å². The summed E-state index contributed by atoms with van der Waals surface area (Å²) in [6, 6.07) is 9.84. The van der Waals surface area contributed by atoms with E-state index in [4.69, 9.17) is 9.47 Å². The fourth-order valence-electron chi connectivity index (χ4n) is 3.03. The zero-order valence-electron chi connectivity index (χ0n) is 13.3. The van der Waals surface area contributed by atoms with E-state index in [2.05, 4.69) is 4.98 Å². The zero-order valence-corrected chi connectivity index (χ0v) is 13.3. The maximum atomic E-state index is 12.3. The number of aromatic nitrogens is 2. The van der Waals surface area contributed by atoms with Gasteiger partial charge in [-0.25, -0.2) is 4.98 Å².